The highest BCUT2D eigenvalue weighted by atomic mass is 16.2. The minimum Gasteiger partial charge on any atom is -0.359 e. The van der Waals surface area contributed by atoms with Gasteiger partial charge in [-0.05, 0) is 33.3 Å². The standard InChI is InChI=1S/C18H20N4O/c1-12(2)21-17(23)18(3,4)14-8-6-13(7-9-14)15-10-20-11-16(19-5)22-15/h6-12H,1-4H3,(H,21,23). The summed E-state index contributed by atoms with van der Waals surface area (Å²) in [5.74, 6) is 0.262. The molecule has 0 saturated heterocycles. The van der Waals surface area contributed by atoms with Crippen molar-refractivity contribution in [3.8, 4) is 11.3 Å². The van der Waals surface area contributed by atoms with Gasteiger partial charge in [0, 0.05) is 11.6 Å². The smallest absolute Gasteiger partial charge is 0.288 e. The van der Waals surface area contributed by atoms with Gasteiger partial charge in [0.15, 0.2) is 5.69 Å². The van der Waals surface area contributed by atoms with Crippen LogP contribution in [0.5, 0.6) is 0 Å². The second-order valence-electron chi connectivity index (χ2n) is 6.20. The molecule has 0 spiro atoms. The first-order valence-corrected chi connectivity index (χ1v) is 7.46. The topological polar surface area (TPSA) is 59.2 Å². The largest absolute Gasteiger partial charge is 0.359 e. The van der Waals surface area contributed by atoms with Crippen LogP contribution in [0.3, 0.4) is 0 Å². The van der Waals surface area contributed by atoms with E-state index in [-0.39, 0.29) is 17.8 Å². The van der Waals surface area contributed by atoms with Gasteiger partial charge in [0.05, 0.1) is 17.8 Å². The number of nitrogens with zero attached hydrogens (tertiary/aromatic N) is 3. The van der Waals surface area contributed by atoms with Crippen LogP contribution in [0.1, 0.15) is 33.3 Å². The lowest BCUT2D eigenvalue weighted by Crippen LogP contribution is -2.43. The zero-order valence-electron chi connectivity index (χ0n) is 13.8. The summed E-state index contributed by atoms with van der Waals surface area (Å²) in [6.45, 7) is 14.7. The minimum absolute atomic E-state index is 0.00459. The molecule has 118 valence electrons. The van der Waals surface area contributed by atoms with Crippen LogP contribution in [-0.2, 0) is 10.2 Å². The Kier molecular flexibility index (Phi) is 4.75. The zero-order chi connectivity index (χ0) is 17.0. The molecular formula is C18H20N4O. The van der Waals surface area contributed by atoms with Crippen molar-refractivity contribution in [2.45, 2.75) is 39.2 Å². The Morgan fingerprint density at radius 1 is 1.22 bits per heavy atom. The Morgan fingerprint density at radius 3 is 2.43 bits per heavy atom. The summed E-state index contributed by atoms with van der Waals surface area (Å²) in [6.07, 6.45) is 3.06. The maximum Gasteiger partial charge on any atom is 0.288 e. The van der Waals surface area contributed by atoms with Gasteiger partial charge >= 0.3 is 0 Å². The molecule has 0 unspecified atom stereocenters. The highest BCUT2D eigenvalue weighted by Crippen LogP contribution is 2.27. The van der Waals surface area contributed by atoms with Crippen molar-refractivity contribution in [2.24, 2.45) is 0 Å². The predicted molar refractivity (Wildman–Crippen MR) is 90.0 cm³/mol. The number of amides is 1. The maximum atomic E-state index is 12.3. The zero-order valence-corrected chi connectivity index (χ0v) is 13.8. The minimum atomic E-state index is -0.618. The third-order valence-electron chi connectivity index (χ3n) is 3.63. The molecule has 1 heterocycles. The first-order valence-electron chi connectivity index (χ1n) is 7.46. The van der Waals surface area contributed by atoms with Crippen molar-refractivity contribution >= 4 is 11.7 Å². The van der Waals surface area contributed by atoms with Crippen LogP contribution < -0.4 is 5.32 Å². The molecule has 23 heavy (non-hydrogen) atoms. The van der Waals surface area contributed by atoms with Crippen LogP contribution in [0.15, 0.2) is 36.7 Å². The van der Waals surface area contributed by atoms with Gasteiger partial charge in [0.25, 0.3) is 5.82 Å². The second kappa shape index (κ2) is 6.57. The molecule has 0 atom stereocenters. The summed E-state index contributed by atoms with van der Waals surface area (Å²) in [4.78, 5) is 23.9. The molecule has 1 aromatic heterocycles. The van der Waals surface area contributed by atoms with Crippen molar-refractivity contribution in [2.75, 3.05) is 0 Å². The number of nitrogens with one attached hydrogen (secondary N) is 1. The van der Waals surface area contributed by atoms with Crippen LogP contribution in [0.4, 0.5) is 5.82 Å². The molecule has 0 bridgehead atoms. The van der Waals surface area contributed by atoms with Crippen molar-refractivity contribution in [3.05, 3.63) is 53.6 Å². The van der Waals surface area contributed by atoms with E-state index in [4.69, 9.17) is 6.57 Å². The molecule has 2 aromatic rings. The number of hydrogen-bond donors (Lipinski definition) is 1. The maximum absolute atomic E-state index is 12.3. The summed E-state index contributed by atoms with van der Waals surface area (Å²) in [5.41, 5.74) is 1.82. The summed E-state index contributed by atoms with van der Waals surface area (Å²) in [6, 6.07) is 7.74. The van der Waals surface area contributed by atoms with E-state index in [9.17, 15) is 4.79 Å². The summed E-state index contributed by atoms with van der Waals surface area (Å²) >= 11 is 0. The number of rotatable bonds is 4. The second-order valence-corrected chi connectivity index (χ2v) is 6.20. The number of carbonyl (C=O) groups excluding carboxylic acids is 1. The fourth-order valence-corrected chi connectivity index (χ4v) is 2.18. The molecule has 0 fully saturated rings. The van der Waals surface area contributed by atoms with E-state index in [1.54, 1.807) is 6.20 Å². The molecule has 1 N–H and O–H groups in total. The molecule has 0 saturated carbocycles. The lowest BCUT2D eigenvalue weighted by Gasteiger charge is -2.25. The average molecular weight is 308 g/mol. The average Bonchev–Trinajstić information content (AvgIpc) is 2.54. The Labute approximate surface area is 136 Å². The number of aromatic nitrogens is 2. The van der Waals surface area contributed by atoms with Crippen molar-refractivity contribution in [1.29, 1.82) is 0 Å². The first kappa shape index (κ1) is 16.6. The van der Waals surface area contributed by atoms with Gasteiger partial charge in [-0.15, -0.1) is 4.98 Å². The monoisotopic (exact) mass is 308 g/mol. The third-order valence-corrected chi connectivity index (χ3v) is 3.63. The van der Waals surface area contributed by atoms with Gasteiger partial charge in [0.1, 0.15) is 0 Å². The number of carbonyl (C=O) groups is 1. The van der Waals surface area contributed by atoms with E-state index in [1.165, 1.54) is 6.20 Å². The Hall–Kier alpha value is -2.74. The molecule has 2 rings (SSSR count). The lowest BCUT2D eigenvalue weighted by atomic mass is 9.83. The summed E-state index contributed by atoms with van der Waals surface area (Å²) < 4.78 is 0. The van der Waals surface area contributed by atoms with Gasteiger partial charge in [-0.2, -0.15) is 0 Å². The molecule has 5 nitrogen and oxygen atoms in total. The van der Waals surface area contributed by atoms with Crippen LogP contribution >= 0.6 is 0 Å². The number of hydrogen-bond acceptors (Lipinski definition) is 3. The molecule has 0 aliphatic carbocycles. The van der Waals surface area contributed by atoms with Gasteiger partial charge in [-0.25, -0.2) is 0 Å². The normalized spacial score (nSPS) is 11.1. The highest BCUT2D eigenvalue weighted by Gasteiger charge is 2.30. The van der Waals surface area contributed by atoms with Gasteiger partial charge in [-0.1, -0.05) is 30.8 Å². The van der Waals surface area contributed by atoms with Crippen LogP contribution in [-0.4, -0.2) is 21.9 Å². The molecule has 1 aromatic carbocycles. The van der Waals surface area contributed by atoms with E-state index in [2.05, 4.69) is 20.1 Å². The SMILES string of the molecule is [C-]#[N+]c1cncc(-c2ccc(C(C)(C)C(=O)NC(C)C)cc2)n1. The molecule has 1 amide bonds. The predicted octanol–water partition coefficient (Wildman–Crippen LogP) is 3.50. The van der Waals surface area contributed by atoms with Crippen molar-refractivity contribution in [3.63, 3.8) is 0 Å². The van der Waals surface area contributed by atoms with Gasteiger partial charge < -0.3 is 10.2 Å². The third kappa shape index (κ3) is 3.72. The van der Waals surface area contributed by atoms with Crippen molar-refractivity contribution in [1.82, 2.24) is 15.3 Å². The van der Waals surface area contributed by atoms with Gasteiger partial charge in [0.2, 0.25) is 5.91 Å². The van der Waals surface area contributed by atoms with E-state index in [1.807, 2.05) is 52.0 Å². The lowest BCUT2D eigenvalue weighted by molar-refractivity contribution is -0.126. The quantitative estimate of drug-likeness (QED) is 0.879. The fraction of sp³-hybridized carbons (Fsp3) is 0.333. The van der Waals surface area contributed by atoms with Crippen LogP contribution in [0, 0.1) is 6.57 Å². The highest BCUT2D eigenvalue weighted by molar-refractivity contribution is 5.87. The molecule has 5 heteroatoms. The molecular weight excluding hydrogens is 288 g/mol. The van der Waals surface area contributed by atoms with Crippen molar-refractivity contribution < 1.29 is 4.79 Å². The summed E-state index contributed by atoms with van der Waals surface area (Å²) in [5, 5.41) is 2.95. The molecule has 0 aliphatic heterocycles. The Bertz CT molecular complexity index is 742. The van der Waals surface area contributed by atoms with E-state index in [0.29, 0.717) is 5.69 Å². The summed E-state index contributed by atoms with van der Waals surface area (Å²) in [7, 11) is 0. The van der Waals surface area contributed by atoms with Crippen LogP contribution in [0.2, 0.25) is 0 Å². The van der Waals surface area contributed by atoms with E-state index < -0.39 is 5.41 Å². The molecule has 0 radical (unpaired) electrons. The molecule has 0 aliphatic rings. The van der Waals surface area contributed by atoms with E-state index in [0.717, 1.165) is 11.1 Å². The number of benzene rings is 1. The van der Waals surface area contributed by atoms with Gasteiger partial charge in [-0.3, -0.25) is 9.78 Å². The van der Waals surface area contributed by atoms with E-state index >= 15 is 0 Å². The first-order chi connectivity index (χ1) is 10.8. The van der Waals surface area contributed by atoms with Crippen LogP contribution in [0.25, 0.3) is 16.1 Å². The fourth-order valence-electron chi connectivity index (χ4n) is 2.18. The Morgan fingerprint density at radius 2 is 1.87 bits per heavy atom. The Balaban J connectivity index is 2.28.